The first-order valence-electron chi connectivity index (χ1n) is 8.77. The van der Waals surface area contributed by atoms with E-state index in [9.17, 15) is 4.79 Å². The Balaban J connectivity index is 1.80. The van der Waals surface area contributed by atoms with Crippen molar-refractivity contribution in [3.63, 3.8) is 0 Å². The van der Waals surface area contributed by atoms with Crippen molar-refractivity contribution < 1.29 is 9.32 Å². The summed E-state index contributed by atoms with van der Waals surface area (Å²) in [4.78, 5) is 17.3. The number of benzene rings is 1. The molecule has 0 unspecified atom stereocenters. The van der Waals surface area contributed by atoms with E-state index in [0.29, 0.717) is 22.4 Å². The van der Waals surface area contributed by atoms with E-state index in [1.54, 1.807) is 0 Å². The summed E-state index contributed by atoms with van der Waals surface area (Å²) < 4.78 is 5.43. The smallest absolute Gasteiger partial charge is 0.259 e. The van der Waals surface area contributed by atoms with Gasteiger partial charge in [-0.05, 0) is 32.8 Å². The minimum Gasteiger partial charge on any atom is -0.349 e. The molecule has 0 radical (unpaired) electrons. The van der Waals surface area contributed by atoms with Gasteiger partial charge in [0.25, 0.3) is 11.6 Å². The molecular weight excluding hydrogens is 314 g/mol. The predicted molar refractivity (Wildman–Crippen MR) is 96.4 cm³/mol. The highest BCUT2D eigenvalue weighted by Crippen LogP contribution is 2.31. The van der Waals surface area contributed by atoms with Crippen LogP contribution < -0.4 is 5.32 Å². The number of aromatic nitrogens is 2. The summed E-state index contributed by atoms with van der Waals surface area (Å²) in [6.45, 7) is 3.90. The Hall–Kier alpha value is -2.69. The van der Waals surface area contributed by atoms with Crippen molar-refractivity contribution in [1.82, 2.24) is 15.5 Å². The summed E-state index contributed by atoms with van der Waals surface area (Å²) in [6.07, 6.45) is 4.45. The van der Waals surface area contributed by atoms with E-state index < -0.39 is 0 Å². The molecule has 1 saturated carbocycles. The van der Waals surface area contributed by atoms with Gasteiger partial charge in [-0.1, -0.05) is 47.8 Å². The fourth-order valence-corrected chi connectivity index (χ4v) is 3.49. The Bertz CT molecular complexity index is 922. The number of hydrogen-bond donors (Lipinski definition) is 1. The van der Waals surface area contributed by atoms with Crippen LogP contribution >= 0.6 is 0 Å². The van der Waals surface area contributed by atoms with Crippen LogP contribution in [0.3, 0.4) is 0 Å². The van der Waals surface area contributed by atoms with Gasteiger partial charge in [-0.3, -0.25) is 4.79 Å². The van der Waals surface area contributed by atoms with Gasteiger partial charge in [-0.15, -0.1) is 0 Å². The first-order chi connectivity index (χ1) is 12.1. The fourth-order valence-electron chi connectivity index (χ4n) is 3.49. The lowest BCUT2D eigenvalue weighted by molar-refractivity contribution is 0.0939. The molecule has 3 aromatic rings. The van der Waals surface area contributed by atoms with Crippen molar-refractivity contribution >= 4 is 17.0 Å². The normalized spacial score (nSPS) is 15.0. The van der Waals surface area contributed by atoms with Gasteiger partial charge in [-0.25, -0.2) is 4.98 Å². The van der Waals surface area contributed by atoms with Crippen molar-refractivity contribution in [3.05, 3.63) is 47.2 Å². The van der Waals surface area contributed by atoms with Gasteiger partial charge in [0.05, 0.1) is 10.9 Å². The molecule has 1 fully saturated rings. The second-order valence-corrected chi connectivity index (χ2v) is 6.84. The Morgan fingerprint density at radius 1 is 1.16 bits per heavy atom. The highest BCUT2D eigenvalue weighted by molar-refractivity contribution is 6.09. The van der Waals surface area contributed by atoms with Gasteiger partial charge in [0, 0.05) is 17.3 Å². The lowest BCUT2D eigenvalue weighted by Crippen LogP contribution is -2.32. The Labute approximate surface area is 146 Å². The molecule has 5 nitrogen and oxygen atoms in total. The first kappa shape index (κ1) is 15.8. The summed E-state index contributed by atoms with van der Waals surface area (Å²) in [5, 5.41) is 8.03. The third kappa shape index (κ3) is 3.02. The van der Waals surface area contributed by atoms with E-state index in [1.165, 1.54) is 18.4 Å². The van der Waals surface area contributed by atoms with Crippen LogP contribution in [0.5, 0.6) is 0 Å². The summed E-state index contributed by atoms with van der Waals surface area (Å²) >= 11 is 0. The number of amides is 1. The fraction of sp³-hybridized carbons (Fsp3) is 0.350. The second kappa shape index (κ2) is 6.31. The van der Waals surface area contributed by atoms with Crippen molar-refractivity contribution in [3.8, 4) is 11.3 Å². The topological polar surface area (TPSA) is 68.0 Å². The Kier molecular flexibility index (Phi) is 3.99. The zero-order valence-electron chi connectivity index (χ0n) is 14.5. The number of rotatable bonds is 3. The summed E-state index contributed by atoms with van der Waals surface area (Å²) in [5.41, 5.74) is 4.50. The molecule has 0 aliphatic heterocycles. The van der Waals surface area contributed by atoms with E-state index in [-0.39, 0.29) is 11.9 Å². The second-order valence-electron chi connectivity index (χ2n) is 6.84. The highest BCUT2D eigenvalue weighted by atomic mass is 16.5. The van der Waals surface area contributed by atoms with E-state index in [0.717, 1.165) is 24.1 Å². The summed E-state index contributed by atoms with van der Waals surface area (Å²) in [7, 11) is 0. The monoisotopic (exact) mass is 335 g/mol. The largest absolute Gasteiger partial charge is 0.349 e. The predicted octanol–water partition coefficient (Wildman–Crippen LogP) is 4.18. The average Bonchev–Trinajstić information content (AvgIpc) is 3.24. The van der Waals surface area contributed by atoms with E-state index >= 15 is 0 Å². The molecule has 5 heteroatoms. The van der Waals surface area contributed by atoms with Crippen LogP contribution in [0, 0.1) is 13.8 Å². The van der Waals surface area contributed by atoms with E-state index in [2.05, 4.69) is 15.5 Å². The zero-order valence-corrected chi connectivity index (χ0v) is 14.5. The number of carbonyl (C=O) groups excluding carboxylic acids is 1. The zero-order chi connectivity index (χ0) is 17.4. The number of carbonyl (C=O) groups is 1. The first-order valence-corrected chi connectivity index (χ1v) is 8.77. The molecule has 1 aliphatic rings. The molecule has 1 aromatic carbocycles. The highest BCUT2D eigenvalue weighted by Gasteiger charge is 2.23. The average molecular weight is 335 g/mol. The number of nitrogens with zero attached hydrogens (tertiary/aromatic N) is 2. The van der Waals surface area contributed by atoms with Crippen LogP contribution in [0.25, 0.3) is 22.4 Å². The standard InChI is InChI=1S/C20H21N3O2/c1-12-7-9-14(10-8-12)18-17-16(11-13(2)21-20(17)25-23-18)19(24)22-15-5-3-4-6-15/h7-11,15H,3-6H2,1-2H3,(H,22,24). The van der Waals surface area contributed by atoms with Crippen LogP contribution in [0.4, 0.5) is 0 Å². The molecule has 128 valence electrons. The number of fused-ring (bicyclic) bond motifs is 1. The molecule has 0 bridgehead atoms. The van der Waals surface area contributed by atoms with Crippen LogP contribution in [-0.2, 0) is 0 Å². The van der Waals surface area contributed by atoms with Gasteiger partial charge >= 0.3 is 0 Å². The Morgan fingerprint density at radius 3 is 2.60 bits per heavy atom. The molecule has 1 aliphatic carbocycles. The van der Waals surface area contributed by atoms with Gasteiger partial charge in [0.2, 0.25) is 0 Å². The number of pyridine rings is 1. The molecule has 0 spiro atoms. The van der Waals surface area contributed by atoms with Crippen molar-refractivity contribution in [2.24, 2.45) is 0 Å². The SMILES string of the molecule is Cc1ccc(-c2noc3nc(C)cc(C(=O)NC4CCCC4)c23)cc1. The molecule has 25 heavy (non-hydrogen) atoms. The van der Waals surface area contributed by atoms with Gasteiger partial charge in [0.15, 0.2) is 0 Å². The minimum atomic E-state index is -0.0704. The summed E-state index contributed by atoms with van der Waals surface area (Å²) in [6, 6.07) is 10.1. The van der Waals surface area contributed by atoms with Crippen molar-refractivity contribution in [2.45, 2.75) is 45.6 Å². The van der Waals surface area contributed by atoms with Gasteiger partial charge < -0.3 is 9.84 Å². The van der Waals surface area contributed by atoms with Crippen molar-refractivity contribution in [2.75, 3.05) is 0 Å². The van der Waals surface area contributed by atoms with Crippen LogP contribution in [0.1, 0.15) is 47.3 Å². The van der Waals surface area contributed by atoms with Crippen molar-refractivity contribution in [1.29, 1.82) is 0 Å². The molecule has 0 saturated heterocycles. The number of hydrogen-bond acceptors (Lipinski definition) is 4. The molecule has 1 N–H and O–H groups in total. The number of nitrogens with one attached hydrogen (secondary N) is 1. The van der Waals surface area contributed by atoms with Crippen LogP contribution in [-0.4, -0.2) is 22.1 Å². The molecule has 2 aromatic heterocycles. The molecule has 4 rings (SSSR count). The van der Waals surface area contributed by atoms with E-state index in [1.807, 2.05) is 44.2 Å². The molecule has 0 atom stereocenters. The van der Waals surface area contributed by atoms with Crippen LogP contribution in [0.15, 0.2) is 34.9 Å². The quantitative estimate of drug-likeness (QED) is 0.779. The molecule has 2 heterocycles. The van der Waals surface area contributed by atoms with Gasteiger partial charge in [-0.2, -0.15) is 0 Å². The lowest BCUT2D eigenvalue weighted by atomic mass is 10.0. The van der Waals surface area contributed by atoms with E-state index in [4.69, 9.17) is 4.52 Å². The molecule has 1 amide bonds. The minimum absolute atomic E-state index is 0.0704. The maximum atomic E-state index is 12.9. The number of aryl methyl sites for hydroxylation is 2. The lowest BCUT2D eigenvalue weighted by Gasteiger charge is -2.13. The maximum absolute atomic E-state index is 12.9. The van der Waals surface area contributed by atoms with Gasteiger partial charge in [0.1, 0.15) is 5.69 Å². The maximum Gasteiger partial charge on any atom is 0.259 e. The third-order valence-corrected chi connectivity index (χ3v) is 4.83. The van der Waals surface area contributed by atoms with Crippen LogP contribution in [0.2, 0.25) is 0 Å². The summed E-state index contributed by atoms with van der Waals surface area (Å²) in [5.74, 6) is -0.0704. The molecular formula is C20H21N3O2. The Morgan fingerprint density at radius 2 is 1.88 bits per heavy atom. The third-order valence-electron chi connectivity index (χ3n) is 4.83.